The number of rotatable bonds is 4. The van der Waals surface area contributed by atoms with E-state index < -0.39 is 6.67 Å². The molecule has 5 heteroatoms. The van der Waals surface area contributed by atoms with E-state index in [4.69, 9.17) is 0 Å². The summed E-state index contributed by atoms with van der Waals surface area (Å²) in [4.78, 5) is 2.17. The highest BCUT2D eigenvalue weighted by Crippen LogP contribution is 2.27. The van der Waals surface area contributed by atoms with Crippen molar-refractivity contribution < 1.29 is 8.78 Å². The fourth-order valence-electron chi connectivity index (χ4n) is 2.55. The van der Waals surface area contributed by atoms with Crippen molar-refractivity contribution in [2.24, 2.45) is 0 Å². The average Bonchev–Trinajstić information content (AvgIpc) is 2.40. The molecule has 1 aromatic rings. The summed E-state index contributed by atoms with van der Waals surface area (Å²) in [7, 11) is 0. The molecule has 1 heterocycles. The van der Waals surface area contributed by atoms with Crippen LogP contribution in [0.4, 0.5) is 8.78 Å². The maximum absolute atomic E-state index is 13.9. The number of nitrogens with one attached hydrogen (secondary N) is 1. The monoisotopic (exact) mass is 290 g/mol. The second kappa shape index (κ2) is 7.78. The maximum Gasteiger partial charge on any atom is 0.128 e. The quantitative estimate of drug-likeness (QED) is 0.917. The first kappa shape index (κ1) is 16.3. The molecule has 0 spiro atoms. The molecular formula is C14H21ClF2N2. The molecule has 0 aliphatic carbocycles. The molecule has 1 aliphatic rings. The molecule has 1 N–H and O–H groups in total. The number of benzene rings is 1. The molecular weight excluding hydrogens is 270 g/mol. The molecule has 2 rings (SSSR count). The summed E-state index contributed by atoms with van der Waals surface area (Å²) in [5, 5.41) is 3.26. The van der Waals surface area contributed by atoms with Crippen LogP contribution in [-0.4, -0.2) is 37.8 Å². The number of alkyl halides is 1. The number of hydrogen-bond donors (Lipinski definition) is 1. The van der Waals surface area contributed by atoms with Crippen LogP contribution in [0.2, 0.25) is 0 Å². The normalized spacial score (nSPS) is 17.8. The Labute approximate surface area is 119 Å². The lowest BCUT2D eigenvalue weighted by molar-refractivity contribution is 0.154. The number of halogens is 3. The van der Waals surface area contributed by atoms with Crippen LogP contribution in [0.15, 0.2) is 18.2 Å². The molecule has 19 heavy (non-hydrogen) atoms. The van der Waals surface area contributed by atoms with Crippen LogP contribution < -0.4 is 5.32 Å². The summed E-state index contributed by atoms with van der Waals surface area (Å²) in [5.41, 5.74) is 1.65. The third kappa shape index (κ3) is 4.13. The average molecular weight is 291 g/mol. The van der Waals surface area contributed by atoms with E-state index in [-0.39, 0.29) is 24.3 Å². The molecule has 0 amide bonds. The van der Waals surface area contributed by atoms with Gasteiger partial charge in [-0.1, -0.05) is 17.7 Å². The van der Waals surface area contributed by atoms with Gasteiger partial charge in [-0.15, -0.1) is 12.4 Å². The predicted octanol–water partition coefficient (Wildman–Crippen LogP) is 2.86. The van der Waals surface area contributed by atoms with Gasteiger partial charge in [-0.25, -0.2) is 4.39 Å². The molecule has 1 saturated heterocycles. The van der Waals surface area contributed by atoms with E-state index >= 15 is 0 Å². The van der Waals surface area contributed by atoms with Gasteiger partial charge in [0, 0.05) is 37.8 Å². The van der Waals surface area contributed by atoms with Gasteiger partial charge in [-0.05, 0) is 19.4 Å². The zero-order valence-corrected chi connectivity index (χ0v) is 12.0. The molecule has 0 bridgehead atoms. The smallest absolute Gasteiger partial charge is 0.128 e. The Morgan fingerprint density at radius 1 is 1.32 bits per heavy atom. The first-order chi connectivity index (χ1) is 8.72. The standard InChI is InChI=1S/C14H20F2N2.ClH/c1-11-2-3-13(16)12(10-11)14(4-5-15)18-8-6-17-7-9-18;/h2-3,10,14,17H,4-9H2,1H3;1H/t14-;/m0./s1. The Balaban J connectivity index is 0.00000180. The van der Waals surface area contributed by atoms with Gasteiger partial charge in [0.25, 0.3) is 0 Å². The topological polar surface area (TPSA) is 15.3 Å². The highest BCUT2D eigenvalue weighted by Gasteiger charge is 2.24. The highest BCUT2D eigenvalue weighted by atomic mass is 35.5. The third-order valence-electron chi connectivity index (χ3n) is 3.49. The molecule has 1 aliphatic heterocycles. The van der Waals surface area contributed by atoms with Crippen molar-refractivity contribution >= 4 is 12.4 Å². The van der Waals surface area contributed by atoms with Crippen LogP contribution in [0.25, 0.3) is 0 Å². The van der Waals surface area contributed by atoms with E-state index in [1.165, 1.54) is 6.07 Å². The van der Waals surface area contributed by atoms with E-state index in [0.29, 0.717) is 12.0 Å². The molecule has 0 saturated carbocycles. The molecule has 2 nitrogen and oxygen atoms in total. The second-order valence-electron chi connectivity index (χ2n) is 4.80. The van der Waals surface area contributed by atoms with E-state index in [0.717, 1.165) is 31.7 Å². The summed E-state index contributed by atoms with van der Waals surface area (Å²) >= 11 is 0. The van der Waals surface area contributed by atoms with Crippen molar-refractivity contribution in [3.8, 4) is 0 Å². The lowest BCUT2D eigenvalue weighted by Gasteiger charge is -2.35. The summed E-state index contributed by atoms with van der Waals surface area (Å²) < 4.78 is 26.7. The van der Waals surface area contributed by atoms with E-state index in [1.807, 2.05) is 13.0 Å². The largest absolute Gasteiger partial charge is 0.314 e. The van der Waals surface area contributed by atoms with Gasteiger partial charge in [-0.3, -0.25) is 9.29 Å². The van der Waals surface area contributed by atoms with Gasteiger partial charge in [0.05, 0.1) is 6.67 Å². The maximum atomic E-state index is 13.9. The summed E-state index contributed by atoms with van der Waals surface area (Å²) in [6, 6.07) is 4.94. The number of hydrogen-bond acceptors (Lipinski definition) is 2. The van der Waals surface area contributed by atoms with E-state index in [1.54, 1.807) is 6.07 Å². The predicted molar refractivity (Wildman–Crippen MR) is 76.2 cm³/mol. The van der Waals surface area contributed by atoms with Crippen LogP contribution in [-0.2, 0) is 0 Å². The lowest BCUT2D eigenvalue weighted by Crippen LogP contribution is -2.45. The van der Waals surface area contributed by atoms with Crippen molar-refractivity contribution in [1.82, 2.24) is 10.2 Å². The number of aryl methyl sites for hydroxylation is 1. The number of nitrogens with zero attached hydrogens (tertiary/aromatic N) is 1. The van der Waals surface area contributed by atoms with Gasteiger partial charge in [-0.2, -0.15) is 0 Å². The van der Waals surface area contributed by atoms with Gasteiger partial charge in [0.1, 0.15) is 5.82 Å². The molecule has 108 valence electrons. The molecule has 0 aromatic heterocycles. The van der Waals surface area contributed by atoms with Crippen molar-refractivity contribution in [2.75, 3.05) is 32.9 Å². The summed E-state index contributed by atoms with van der Waals surface area (Å²) in [6.45, 7) is 4.98. The van der Waals surface area contributed by atoms with Crippen LogP contribution in [0.3, 0.4) is 0 Å². The minimum Gasteiger partial charge on any atom is -0.314 e. The number of piperazine rings is 1. The van der Waals surface area contributed by atoms with Crippen molar-refractivity contribution in [2.45, 2.75) is 19.4 Å². The Kier molecular flexibility index (Phi) is 6.69. The highest BCUT2D eigenvalue weighted by molar-refractivity contribution is 5.85. The van der Waals surface area contributed by atoms with E-state index in [2.05, 4.69) is 10.2 Å². The van der Waals surface area contributed by atoms with Gasteiger partial charge in [0.2, 0.25) is 0 Å². The van der Waals surface area contributed by atoms with Crippen molar-refractivity contribution in [3.63, 3.8) is 0 Å². The lowest BCUT2D eigenvalue weighted by atomic mass is 9.99. The molecule has 1 fully saturated rings. The third-order valence-corrected chi connectivity index (χ3v) is 3.49. The molecule has 0 radical (unpaired) electrons. The zero-order chi connectivity index (χ0) is 13.0. The molecule has 0 unspecified atom stereocenters. The fraction of sp³-hybridized carbons (Fsp3) is 0.571. The first-order valence-corrected chi connectivity index (χ1v) is 6.49. The second-order valence-corrected chi connectivity index (χ2v) is 4.80. The van der Waals surface area contributed by atoms with Crippen LogP contribution in [0.1, 0.15) is 23.6 Å². The SMILES string of the molecule is Cc1ccc(F)c([C@H](CCF)N2CCNCC2)c1.Cl. The van der Waals surface area contributed by atoms with Crippen molar-refractivity contribution in [3.05, 3.63) is 35.1 Å². The Morgan fingerprint density at radius 2 is 2.00 bits per heavy atom. The Morgan fingerprint density at radius 3 is 2.63 bits per heavy atom. The first-order valence-electron chi connectivity index (χ1n) is 6.49. The van der Waals surface area contributed by atoms with Gasteiger partial charge < -0.3 is 5.32 Å². The Hall–Kier alpha value is -0.710. The minimum absolute atomic E-state index is 0. The fourth-order valence-corrected chi connectivity index (χ4v) is 2.55. The van der Waals surface area contributed by atoms with Crippen LogP contribution in [0.5, 0.6) is 0 Å². The zero-order valence-electron chi connectivity index (χ0n) is 11.2. The Bertz CT molecular complexity index is 395. The summed E-state index contributed by atoms with van der Waals surface area (Å²) in [5.74, 6) is -0.224. The van der Waals surface area contributed by atoms with Crippen molar-refractivity contribution in [1.29, 1.82) is 0 Å². The van der Waals surface area contributed by atoms with Crippen LogP contribution >= 0.6 is 12.4 Å². The summed E-state index contributed by atoms with van der Waals surface area (Å²) in [6.07, 6.45) is 0.361. The van der Waals surface area contributed by atoms with Gasteiger partial charge in [0.15, 0.2) is 0 Å². The van der Waals surface area contributed by atoms with Gasteiger partial charge >= 0.3 is 0 Å². The molecule has 1 aromatic carbocycles. The minimum atomic E-state index is -0.415. The molecule has 1 atom stereocenters. The van der Waals surface area contributed by atoms with E-state index in [9.17, 15) is 8.78 Å². The van der Waals surface area contributed by atoms with Crippen LogP contribution in [0, 0.1) is 12.7 Å².